The Kier molecular flexibility index (Phi) is 6.41. The average Bonchev–Trinajstić information content (AvgIpc) is 3.26. The molecule has 1 aromatic carbocycles. The highest BCUT2D eigenvalue weighted by Gasteiger charge is 2.14. The van der Waals surface area contributed by atoms with Crippen LogP contribution in [-0.2, 0) is 11.3 Å². The first-order valence-corrected chi connectivity index (χ1v) is 10.4. The second kappa shape index (κ2) is 8.96. The van der Waals surface area contributed by atoms with Crippen LogP contribution >= 0.6 is 23.1 Å². The summed E-state index contributed by atoms with van der Waals surface area (Å²) in [5.74, 6) is 0.867. The second-order valence-corrected chi connectivity index (χ2v) is 8.21. The molecule has 2 heterocycles. The lowest BCUT2D eigenvalue weighted by Crippen LogP contribution is -2.19. The Labute approximate surface area is 166 Å². The largest absolute Gasteiger partial charge is 0.302 e. The molecule has 0 atom stereocenters. The molecule has 140 valence electrons. The SMILES string of the molecule is CCn1c(SCC(=O)N/N=C/c2ccc(C)s2)nnc1-c1ccc(C)cc1. The van der Waals surface area contributed by atoms with Crippen molar-refractivity contribution in [2.45, 2.75) is 32.5 Å². The van der Waals surface area contributed by atoms with Crippen LogP contribution in [0.5, 0.6) is 0 Å². The number of carbonyl (C=O) groups is 1. The molecule has 6 nitrogen and oxygen atoms in total. The Bertz CT molecular complexity index is 943. The lowest BCUT2D eigenvalue weighted by atomic mass is 10.1. The van der Waals surface area contributed by atoms with E-state index in [0.717, 1.165) is 28.0 Å². The van der Waals surface area contributed by atoms with Crippen LogP contribution < -0.4 is 5.43 Å². The number of thiophene rings is 1. The smallest absolute Gasteiger partial charge is 0.250 e. The molecule has 3 aromatic rings. The van der Waals surface area contributed by atoms with Gasteiger partial charge in [0.25, 0.3) is 5.91 Å². The molecule has 1 amide bonds. The molecule has 0 unspecified atom stereocenters. The number of aromatic nitrogens is 3. The number of thioether (sulfide) groups is 1. The number of nitrogens with one attached hydrogen (secondary N) is 1. The van der Waals surface area contributed by atoms with Crippen molar-refractivity contribution in [1.82, 2.24) is 20.2 Å². The number of rotatable bonds is 7. The predicted octanol–water partition coefficient (Wildman–Crippen LogP) is 3.89. The van der Waals surface area contributed by atoms with Gasteiger partial charge < -0.3 is 4.57 Å². The van der Waals surface area contributed by atoms with Gasteiger partial charge in [-0.2, -0.15) is 5.10 Å². The van der Waals surface area contributed by atoms with Crippen LogP contribution in [-0.4, -0.2) is 32.6 Å². The third kappa shape index (κ3) is 5.05. The summed E-state index contributed by atoms with van der Waals surface area (Å²) in [5, 5.41) is 13.3. The Morgan fingerprint density at radius 1 is 1.22 bits per heavy atom. The maximum atomic E-state index is 12.0. The van der Waals surface area contributed by atoms with Gasteiger partial charge in [0.05, 0.1) is 12.0 Å². The monoisotopic (exact) mass is 399 g/mol. The minimum absolute atomic E-state index is 0.174. The van der Waals surface area contributed by atoms with Gasteiger partial charge >= 0.3 is 0 Å². The van der Waals surface area contributed by atoms with Gasteiger partial charge in [-0.25, -0.2) is 5.43 Å². The fraction of sp³-hybridized carbons (Fsp3) is 0.263. The van der Waals surface area contributed by atoms with E-state index in [9.17, 15) is 4.79 Å². The number of benzene rings is 1. The highest BCUT2D eigenvalue weighted by molar-refractivity contribution is 7.99. The summed E-state index contributed by atoms with van der Waals surface area (Å²) in [6.07, 6.45) is 1.66. The molecule has 0 aliphatic rings. The fourth-order valence-electron chi connectivity index (χ4n) is 2.45. The number of amides is 1. The molecule has 0 aliphatic heterocycles. The summed E-state index contributed by atoms with van der Waals surface area (Å²) in [5.41, 5.74) is 4.77. The van der Waals surface area contributed by atoms with Crippen molar-refractivity contribution < 1.29 is 4.79 Å². The van der Waals surface area contributed by atoms with Gasteiger partial charge in [-0.15, -0.1) is 21.5 Å². The van der Waals surface area contributed by atoms with E-state index in [-0.39, 0.29) is 11.7 Å². The fourth-order valence-corrected chi connectivity index (χ4v) is 3.99. The van der Waals surface area contributed by atoms with Gasteiger partial charge in [0.15, 0.2) is 11.0 Å². The quantitative estimate of drug-likeness (QED) is 0.372. The van der Waals surface area contributed by atoms with E-state index in [1.54, 1.807) is 17.6 Å². The molecule has 0 saturated carbocycles. The summed E-state index contributed by atoms with van der Waals surface area (Å²) < 4.78 is 2.01. The van der Waals surface area contributed by atoms with Crippen molar-refractivity contribution >= 4 is 35.2 Å². The molecular formula is C19H21N5OS2. The second-order valence-electron chi connectivity index (χ2n) is 5.95. The lowest BCUT2D eigenvalue weighted by Gasteiger charge is -2.07. The third-order valence-electron chi connectivity index (χ3n) is 3.82. The highest BCUT2D eigenvalue weighted by atomic mass is 32.2. The van der Waals surface area contributed by atoms with E-state index in [0.29, 0.717) is 0 Å². The van der Waals surface area contributed by atoms with E-state index in [2.05, 4.69) is 39.8 Å². The molecule has 0 spiro atoms. The number of hydrogen-bond donors (Lipinski definition) is 1. The average molecular weight is 400 g/mol. The normalized spacial score (nSPS) is 11.2. The minimum atomic E-state index is -0.174. The molecule has 0 bridgehead atoms. The van der Waals surface area contributed by atoms with Crippen molar-refractivity contribution in [3.05, 3.63) is 51.7 Å². The van der Waals surface area contributed by atoms with Gasteiger partial charge in [0, 0.05) is 21.9 Å². The molecular weight excluding hydrogens is 378 g/mol. The van der Waals surface area contributed by atoms with Crippen molar-refractivity contribution in [3.63, 3.8) is 0 Å². The van der Waals surface area contributed by atoms with E-state index in [1.165, 1.54) is 22.2 Å². The molecule has 8 heteroatoms. The Morgan fingerprint density at radius 2 is 2.00 bits per heavy atom. The Balaban J connectivity index is 1.59. The van der Waals surface area contributed by atoms with Crippen molar-refractivity contribution in [2.75, 3.05) is 5.75 Å². The molecule has 0 radical (unpaired) electrons. The van der Waals surface area contributed by atoms with E-state index >= 15 is 0 Å². The summed E-state index contributed by atoms with van der Waals surface area (Å²) >= 11 is 2.98. The van der Waals surface area contributed by atoms with Gasteiger partial charge in [0.1, 0.15) is 0 Å². The number of hydrazone groups is 1. The first-order chi connectivity index (χ1) is 13.1. The summed E-state index contributed by atoms with van der Waals surface area (Å²) in [4.78, 5) is 14.2. The van der Waals surface area contributed by atoms with E-state index in [1.807, 2.05) is 42.7 Å². The molecule has 0 aliphatic carbocycles. The lowest BCUT2D eigenvalue weighted by molar-refractivity contribution is -0.118. The first-order valence-electron chi connectivity index (χ1n) is 8.58. The number of aryl methyl sites for hydroxylation is 2. The maximum absolute atomic E-state index is 12.0. The zero-order valence-corrected chi connectivity index (χ0v) is 17.1. The third-order valence-corrected chi connectivity index (χ3v) is 5.72. The van der Waals surface area contributed by atoms with Crippen LogP contribution in [0.4, 0.5) is 0 Å². The van der Waals surface area contributed by atoms with Crippen LogP contribution in [0.15, 0.2) is 46.7 Å². The van der Waals surface area contributed by atoms with Gasteiger partial charge in [-0.1, -0.05) is 41.6 Å². The number of hydrogen-bond acceptors (Lipinski definition) is 6. The van der Waals surface area contributed by atoms with Gasteiger partial charge in [-0.05, 0) is 32.9 Å². The molecule has 2 aromatic heterocycles. The zero-order chi connectivity index (χ0) is 19.2. The van der Waals surface area contributed by atoms with E-state index in [4.69, 9.17) is 0 Å². The van der Waals surface area contributed by atoms with Crippen LogP contribution in [0.2, 0.25) is 0 Å². The summed E-state index contributed by atoms with van der Waals surface area (Å²) in [7, 11) is 0. The standard InChI is InChI=1S/C19H21N5OS2/c1-4-24-18(15-8-5-13(2)6-9-15)22-23-19(24)26-12-17(25)21-20-11-16-10-7-14(3)27-16/h5-11H,4,12H2,1-3H3,(H,21,25)/b20-11+. The topological polar surface area (TPSA) is 72.2 Å². The van der Waals surface area contributed by atoms with Crippen LogP contribution in [0.3, 0.4) is 0 Å². The van der Waals surface area contributed by atoms with Crippen molar-refractivity contribution in [2.24, 2.45) is 5.10 Å². The summed E-state index contributed by atoms with van der Waals surface area (Å²) in [6.45, 7) is 6.86. The van der Waals surface area contributed by atoms with Crippen LogP contribution in [0.1, 0.15) is 22.2 Å². The van der Waals surface area contributed by atoms with Crippen LogP contribution in [0.25, 0.3) is 11.4 Å². The van der Waals surface area contributed by atoms with Gasteiger partial charge in [-0.3, -0.25) is 4.79 Å². The minimum Gasteiger partial charge on any atom is -0.302 e. The predicted molar refractivity (Wildman–Crippen MR) is 111 cm³/mol. The Morgan fingerprint density at radius 3 is 2.67 bits per heavy atom. The van der Waals surface area contributed by atoms with E-state index < -0.39 is 0 Å². The molecule has 27 heavy (non-hydrogen) atoms. The number of carbonyl (C=O) groups excluding carboxylic acids is 1. The van der Waals surface area contributed by atoms with Crippen LogP contribution in [0, 0.1) is 13.8 Å². The molecule has 0 saturated heterocycles. The maximum Gasteiger partial charge on any atom is 0.250 e. The molecule has 1 N–H and O–H groups in total. The summed E-state index contributed by atoms with van der Waals surface area (Å²) in [6, 6.07) is 12.2. The first kappa shape index (κ1) is 19.3. The zero-order valence-electron chi connectivity index (χ0n) is 15.5. The molecule has 0 fully saturated rings. The van der Waals surface area contributed by atoms with Gasteiger partial charge in [0.2, 0.25) is 0 Å². The Hall–Kier alpha value is -2.45. The highest BCUT2D eigenvalue weighted by Crippen LogP contribution is 2.24. The molecule has 3 rings (SSSR count). The van der Waals surface area contributed by atoms with Crippen molar-refractivity contribution in [1.29, 1.82) is 0 Å². The van der Waals surface area contributed by atoms with Crippen molar-refractivity contribution in [3.8, 4) is 11.4 Å². The number of nitrogens with zero attached hydrogens (tertiary/aromatic N) is 4.